The second-order valence-electron chi connectivity index (χ2n) is 5.71. The van der Waals surface area contributed by atoms with Crippen molar-refractivity contribution < 1.29 is 4.79 Å². The number of carbonyl (C=O) groups excluding carboxylic acids is 1. The number of nitrogens with two attached hydrogens (primary N) is 1. The molecule has 3 heteroatoms. The summed E-state index contributed by atoms with van der Waals surface area (Å²) in [5, 5.41) is 0. The number of hydrogen-bond acceptors (Lipinski definition) is 2. The van der Waals surface area contributed by atoms with Crippen LogP contribution in [0.4, 0.5) is 11.4 Å². The van der Waals surface area contributed by atoms with Crippen molar-refractivity contribution in [3.05, 3.63) is 23.8 Å². The number of rotatable bonds is 2. The Labute approximate surface area is 103 Å². The van der Waals surface area contributed by atoms with Crippen molar-refractivity contribution in [1.29, 1.82) is 0 Å². The molecule has 1 heterocycles. The molecular formula is C14H20N2O. The molecule has 0 atom stereocenters. The van der Waals surface area contributed by atoms with Gasteiger partial charge in [-0.2, -0.15) is 0 Å². The summed E-state index contributed by atoms with van der Waals surface area (Å²) < 4.78 is 0. The summed E-state index contributed by atoms with van der Waals surface area (Å²) in [5.41, 5.74) is 8.14. The maximum absolute atomic E-state index is 12.4. The topological polar surface area (TPSA) is 46.3 Å². The largest absolute Gasteiger partial charge is 0.399 e. The van der Waals surface area contributed by atoms with Crippen LogP contribution in [0.25, 0.3) is 0 Å². The van der Waals surface area contributed by atoms with Gasteiger partial charge in [-0.15, -0.1) is 0 Å². The highest BCUT2D eigenvalue weighted by atomic mass is 16.2. The third-order valence-electron chi connectivity index (χ3n) is 3.31. The average Bonchev–Trinajstić information content (AvgIpc) is 2.40. The SMILES string of the molecule is CC(C)CN1C(=O)C(C)(C)c2cc(N)ccc21. The van der Waals surface area contributed by atoms with Gasteiger partial charge in [-0.1, -0.05) is 13.8 Å². The third-order valence-corrected chi connectivity index (χ3v) is 3.31. The molecule has 1 aromatic rings. The lowest BCUT2D eigenvalue weighted by molar-refractivity contribution is -0.122. The maximum atomic E-state index is 12.4. The normalized spacial score (nSPS) is 17.7. The fourth-order valence-electron chi connectivity index (χ4n) is 2.40. The van der Waals surface area contributed by atoms with E-state index in [-0.39, 0.29) is 5.91 Å². The van der Waals surface area contributed by atoms with Gasteiger partial charge in [0.25, 0.3) is 0 Å². The zero-order valence-electron chi connectivity index (χ0n) is 10.9. The predicted octanol–water partition coefficient (Wildman–Crippen LogP) is 2.55. The zero-order valence-corrected chi connectivity index (χ0v) is 10.9. The molecule has 0 radical (unpaired) electrons. The van der Waals surface area contributed by atoms with Crippen LogP contribution >= 0.6 is 0 Å². The minimum Gasteiger partial charge on any atom is -0.399 e. The van der Waals surface area contributed by atoms with Crippen LogP contribution < -0.4 is 10.6 Å². The molecule has 3 nitrogen and oxygen atoms in total. The first-order chi connectivity index (χ1) is 7.84. The van der Waals surface area contributed by atoms with Gasteiger partial charge in [-0.05, 0) is 43.5 Å². The van der Waals surface area contributed by atoms with Crippen molar-refractivity contribution in [1.82, 2.24) is 0 Å². The number of hydrogen-bond donors (Lipinski definition) is 1. The fourth-order valence-corrected chi connectivity index (χ4v) is 2.40. The number of nitrogens with zero attached hydrogens (tertiary/aromatic N) is 1. The standard InChI is InChI=1S/C14H20N2O/c1-9(2)8-16-12-6-5-10(15)7-11(12)14(3,4)13(16)17/h5-7,9H,8,15H2,1-4H3. The van der Waals surface area contributed by atoms with E-state index in [1.165, 1.54) is 0 Å². The molecule has 1 aliphatic heterocycles. The molecule has 1 aliphatic rings. The first-order valence-corrected chi connectivity index (χ1v) is 6.06. The Kier molecular flexibility index (Phi) is 2.64. The number of fused-ring (bicyclic) bond motifs is 1. The van der Waals surface area contributed by atoms with E-state index >= 15 is 0 Å². The van der Waals surface area contributed by atoms with E-state index in [1.807, 2.05) is 36.9 Å². The highest BCUT2D eigenvalue weighted by Crippen LogP contribution is 2.42. The smallest absolute Gasteiger partial charge is 0.237 e. The van der Waals surface area contributed by atoms with Gasteiger partial charge in [0.15, 0.2) is 0 Å². The Morgan fingerprint density at radius 2 is 2.00 bits per heavy atom. The van der Waals surface area contributed by atoms with Crippen LogP contribution in [-0.4, -0.2) is 12.5 Å². The van der Waals surface area contributed by atoms with Crippen molar-refractivity contribution in [2.75, 3.05) is 17.2 Å². The second-order valence-corrected chi connectivity index (χ2v) is 5.71. The lowest BCUT2D eigenvalue weighted by atomic mass is 9.86. The monoisotopic (exact) mass is 232 g/mol. The molecule has 1 amide bonds. The Bertz CT molecular complexity index is 463. The lowest BCUT2D eigenvalue weighted by Crippen LogP contribution is -2.38. The fraction of sp³-hybridized carbons (Fsp3) is 0.500. The summed E-state index contributed by atoms with van der Waals surface area (Å²) in [5.74, 6) is 0.630. The Morgan fingerprint density at radius 3 is 2.59 bits per heavy atom. The number of nitrogen functional groups attached to an aromatic ring is 1. The van der Waals surface area contributed by atoms with Crippen molar-refractivity contribution in [3.8, 4) is 0 Å². The zero-order chi connectivity index (χ0) is 12.8. The molecule has 0 aliphatic carbocycles. The highest BCUT2D eigenvalue weighted by Gasteiger charge is 2.43. The Hall–Kier alpha value is -1.51. The Balaban J connectivity index is 2.51. The summed E-state index contributed by atoms with van der Waals surface area (Å²) >= 11 is 0. The summed E-state index contributed by atoms with van der Waals surface area (Å²) in [6.45, 7) is 8.94. The first-order valence-electron chi connectivity index (χ1n) is 6.06. The Morgan fingerprint density at radius 1 is 1.35 bits per heavy atom. The van der Waals surface area contributed by atoms with Crippen LogP contribution in [0.2, 0.25) is 0 Å². The number of carbonyl (C=O) groups is 1. The lowest BCUT2D eigenvalue weighted by Gasteiger charge is -2.22. The van der Waals surface area contributed by atoms with E-state index in [0.29, 0.717) is 5.92 Å². The van der Waals surface area contributed by atoms with Gasteiger partial charge in [0.2, 0.25) is 5.91 Å². The van der Waals surface area contributed by atoms with Crippen molar-refractivity contribution in [2.45, 2.75) is 33.1 Å². The molecule has 0 saturated heterocycles. The summed E-state index contributed by atoms with van der Waals surface area (Å²) in [6.07, 6.45) is 0. The first kappa shape index (κ1) is 12.0. The van der Waals surface area contributed by atoms with Crippen molar-refractivity contribution in [2.24, 2.45) is 5.92 Å². The highest BCUT2D eigenvalue weighted by molar-refractivity contribution is 6.07. The van der Waals surface area contributed by atoms with Crippen LogP contribution in [0.1, 0.15) is 33.3 Å². The van der Waals surface area contributed by atoms with E-state index in [2.05, 4.69) is 13.8 Å². The van der Waals surface area contributed by atoms with Crippen LogP contribution in [-0.2, 0) is 10.2 Å². The minimum atomic E-state index is -0.459. The molecule has 0 unspecified atom stereocenters. The van der Waals surface area contributed by atoms with Gasteiger partial charge in [-0.3, -0.25) is 4.79 Å². The van der Waals surface area contributed by atoms with Gasteiger partial charge in [0, 0.05) is 17.9 Å². The molecule has 0 aromatic heterocycles. The van der Waals surface area contributed by atoms with E-state index in [0.717, 1.165) is 23.5 Å². The van der Waals surface area contributed by atoms with Gasteiger partial charge in [0.05, 0.1) is 5.41 Å². The summed E-state index contributed by atoms with van der Waals surface area (Å²) in [4.78, 5) is 14.3. The number of benzene rings is 1. The van der Waals surface area contributed by atoms with E-state index < -0.39 is 5.41 Å². The summed E-state index contributed by atoms with van der Waals surface area (Å²) in [7, 11) is 0. The molecule has 0 bridgehead atoms. The van der Waals surface area contributed by atoms with Gasteiger partial charge >= 0.3 is 0 Å². The van der Waals surface area contributed by atoms with Crippen LogP contribution in [0.15, 0.2) is 18.2 Å². The van der Waals surface area contributed by atoms with Gasteiger partial charge in [-0.25, -0.2) is 0 Å². The average molecular weight is 232 g/mol. The van der Waals surface area contributed by atoms with E-state index in [4.69, 9.17) is 5.73 Å². The molecule has 92 valence electrons. The quantitative estimate of drug-likeness (QED) is 0.796. The number of amides is 1. The minimum absolute atomic E-state index is 0.173. The molecule has 2 N–H and O–H groups in total. The van der Waals surface area contributed by atoms with Crippen molar-refractivity contribution >= 4 is 17.3 Å². The molecule has 17 heavy (non-hydrogen) atoms. The van der Waals surface area contributed by atoms with Crippen molar-refractivity contribution in [3.63, 3.8) is 0 Å². The van der Waals surface area contributed by atoms with E-state index in [9.17, 15) is 4.79 Å². The van der Waals surface area contributed by atoms with Crippen LogP contribution in [0, 0.1) is 5.92 Å². The van der Waals surface area contributed by atoms with Gasteiger partial charge in [0.1, 0.15) is 0 Å². The molecule has 0 fully saturated rings. The predicted molar refractivity (Wildman–Crippen MR) is 71.1 cm³/mol. The molecule has 0 spiro atoms. The van der Waals surface area contributed by atoms with Crippen LogP contribution in [0.3, 0.4) is 0 Å². The molecular weight excluding hydrogens is 212 g/mol. The molecule has 0 saturated carbocycles. The number of anilines is 2. The van der Waals surface area contributed by atoms with E-state index in [1.54, 1.807) is 0 Å². The second kappa shape index (κ2) is 3.76. The van der Waals surface area contributed by atoms with Crippen LogP contribution in [0.5, 0.6) is 0 Å². The molecule has 2 rings (SSSR count). The van der Waals surface area contributed by atoms with Gasteiger partial charge < -0.3 is 10.6 Å². The summed E-state index contributed by atoms with van der Waals surface area (Å²) in [6, 6.07) is 5.74. The third kappa shape index (κ3) is 1.79. The molecule has 1 aromatic carbocycles. The maximum Gasteiger partial charge on any atom is 0.237 e.